The lowest BCUT2D eigenvalue weighted by Crippen LogP contribution is -2.49. The zero-order valence-electron chi connectivity index (χ0n) is 34.0. The number of para-hydroxylation sites is 1. The molecule has 2 N–H and O–H groups in total. The van der Waals surface area contributed by atoms with Crippen LogP contribution in [0.2, 0.25) is 0 Å². The molecule has 5 aliphatic rings. The number of pyridine rings is 1. The molecule has 3 aromatic carbocycles. The molecular weight excluding hydrogens is 770 g/mol. The monoisotopic (exact) mass is 819 g/mol. The van der Waals surface area contributed by atoms with Crippen LogP contribution in [0.1, 0.15) is 23.2 Å². The van der Waals surface area contributed by atoms with Crippen molar-refractivity contribution in [2.24, 2.45) is 0 Å². The number of rotatable bonds is 8. The number of nitrogens with one attached hydrogen (secondary N) is 2. The standard InChI is InChI=1S/C44H50FN9O6/c1-48-11-15-50(16-12-48)25-38(55)46-27-7-9-52(22-27)41-33(45)19-31-40-43(41)60-37-20-30-29-5-3-4-6-35(29)59-36(30)21-34(37)54(40)24-32(42(31)57)44(58)53-10-8-28(23-53)47-39(56)26-51-17-13-49(2)14-18-51/h3-6,19-21,24,27-28H,7-18,22-23,25-26H2,1-2H3,(H,46,55)(H,47,56)/t27-,28-/m1/s1. The van der Waals surface area contributed by atoms with Crippen molar-refractivity contribution < 1.29 is 27.9 Å². The molecule has 4 saturated heterocycles. The smallest absolute Gasteiger partial charge is 0.259 e. The van der Waals surface area contributed by atoms with E-state index in [-0.39, 0.29) is 52.8 Å². The maximum atomic E-state index is 16.7. The minimum Gasteiger partial charge on any atom is -0.456 e. The van der Waals surface area contributed by atoms with Gasteiger partial charge in [-0.1, -0.05) is 18.2 Å². The molecule has 16 heteroatoms. The molecule has 0 bridgehead atoms. The largest absolute Gasteiger partial charge is 0.456 e. The van der Waals surface area contributed by atoms with E-state index in [1.165, 1.54) is 6.07 Å². The zero-order valence-corrected chi connectivity index (χ0v) is 34.0. The summed E-state index contributed by atoms with van der Waals surface area (Å²) in [6.07, 6.45) is 2.70. The summed E-state index contributed by atoms with van der Waals surface area (Å²) in [4.78, 5) is 67.0. The first-order valence-corrected chi connectivity index (χ1v) is 21.1. The van der Waals surface area contributed by atoms with Gasteiger partial charge in [0.15, 0.2) is 17.3 Å². The predicted molar refractivity (Wildman–Crippen MR) is 226 cm³/mol. The maximum Gasteiger partial charge on any atom is 0.259 e. The summed E-state index contributed by atoms with van der Waals surface area (Å²) in [6.45, 7) is 8.98. The molecule has 7 heterocycles. The topological polar surface area (TPSA) is 139 Å². The molecule has 3 amide bonds. The van der Waals surface area contributed by atoms with E-state index in [0.717, 1.165) is 63.1 Å². The summed E-state index contributed by atoms with van der Waals surface area (Å²) < 4.78 is 31.4. The van der Waals surface area contributed by atoms with Crippen molar-refractivity contribution in [3.8, 4) is 17.2 Å². The van der Waals surface area contributed by atoms with Crippen LogP contribution >= 0.6 is 0 Å². The number of aromatic nitrogens is 1. The molecule has 2 atom stereocenters. The summed E-state index contributed by atoms with van der Waals surface area (Å²) in [5.74, 6) is -0.695. The number of piperazine rings is 2. The number of carbonyl (C=O) groups is 3. The zero-order chi connectivity index (χ0) is 41.2. The highest BCUT2D eigenvalue weighted by Crippen LogP contribution is 2.49. The third-order valence-corrected chi connectivity index (χ3v) is 13.0. The Hall–Kier alpha value is -5.55. The summed E-state index contributed by atoms with van der Waals surface area (Å²) in [6, 6.07) is 12.1. The number of carbonyl (C=O) groups excluding carboxylic acids is 3. The van der Waals surface area contributed by atoms with Crippen molar-refractivity contribution in [1.82, 2.24) is 39.7 Å². The summed E-state index contributed by atoms with van der Waals surface area (Å²) in [5.41, 5.74) is 1.65. The number of likely N-dealkylation sites (N-methyl/N-ethyl adjacent to an activating group) is 2. The van der Waals surface area contributed by atoms with Gasteiger partial charge in [0.2, 0.25) is 17.2 Å². The van der Waals surface area contributed by atoms with E-state index < -0.39 is 17.2 Å². The van der Waals surface area contributed by atoms with E-state index in [1.807, 2.05) is 41.3 Å². The number of fused-ring (bicyclic) bond motifs is 5. The van der Waals surface area contributed by atoms with Crippen molar-refractivity contribution in [2.45, 2.75) is 24.9 Å². The van der Waals surface area contributed by atoms with Gasteiger partial charge in [-0.2, -0.15) is 0 Å². The van der Waals surface area contributed by atoms with E-state index in [1.54, 1.807) is 15.7 Å². The first-order chi connectivity index (χ1) is 29.1. The van der Waals surface area contributed by atoms with Gasteiger partial charge in [-0.25, -0.2) is 4.39 Å². The Morgan fingerprint density at radius 3 is 2.10 bits per heavy atom. The third-order valence-electron chi connectivity index (χ3n) is 13.0. The highest BCUT2D eigenvalue weighted by molar-refractivity contribution is 6.07. The molecule has 60 heavy (non-hydrogen) atoms. The third kappa shape index (κ3) is 7.14. The molecule has 0 saturated carbocycles. The number of benzene rings is 3. The lowest BCUT2D eigenvalue weighted by atomic mass is 10.0. The molecule has 10 rings (SSSR count). The fraction of sp³-hybridized carbons (Fsp3) is 0.455. The second-order valence-corrected chi connectivity index (χ2v) is 17.2. The second kappa shape index (κ2) is 15.5. The lowest BCUT2D eigenvalue weighted by molar-refractivity contribution is -0.124. The molecule has 0 aliphatic carbocycles. The van der Waals surface area contributed by atoms with E-state index in [0.29, 0.717) is 73.7 Å². The van der Waals surface area contributed by atoms with Gasteiger partial charge in [0.25, 0.3) is 5.91 Å². The Kier molecular flexibility index (Phi) is 9.97. The molecule has 15 nitrogen and oxygen atoms in total. The van der Waals surface area contributed by atoms with Gasteiger partial charge in [-0.05, 0) is 45.1 Å². The molecule has 5 aliphatic heterocycles. The number of halogens is 1. The number of anilines is 1. The number of nitrogens with zero attached hydrogens (tertiary/aromatic N) is 7. The van der Waals surface area contributed by atoms with Crippen molar-refractivity contribution in [3.05, 3.63) is 70.3 Å². The predicted octanol–water partition coefficient (Wildman–Crippen LogP) is 2.66. The molecular formula is C44H50FN9O6. The van der Waals surface area contributed by atoms with Crippen molar-refractivity contribution in [1.29, 1.82) is 0 Å². The van der Waals surface area contributed by atoms with Crippen LogP contribution in [0.15, 0.2) is 57.9 Å². The van der Waals surface area contributed by atoms with Gasteiger partial charge in [-0.15, -0.1) is 0 Å². The SMILES string of the molecule is CN1CCN(CC(=O)N[C@@H]2CCN(C(=O)c3cn4c5c(c(N6CC[C@@H](NC(=O)CN7CCN(C)CC7)C6)c(F)cc5c3=O)Oc3cc5c(cc3-4)oc3ccccc35)C2)CC1. The fourth-order valence-corrected chi connectivity index (χ4v) is 9.55. The Labute approximate surface area is 346 Å². The summed E-state index contributed by atoms with van der Waals surface area (Å²) >= 11 is 0. The van der Waals surface area contributed by atoms with E-state index >= 15 is 4.39 Å². The van der Waals surface area contributed by atoms with Gasteiger partial charge >= 0.3 is 0 Å². The minimum absolute atomic E-state index is 0.0138. The fourth-order valence-electron chi connectivity index (χ4n) is 9.55. The van der Waals surface area contributed by atoms with Gasteiger partial charge < -0.3 is 44.0 Å². The number of amides is 3. The molecule has 4 fully saturated rings. The Morgan fingerprint density at radius 1 is 0.750 bits per heavy atom. The average molecular weight is 820 g/mol. The van der Waals surface area contributed by atoms with Crippen LogP contribution in [0, 0.1) is 5.82 Å². The van der Waals surface area contributed by atoms with Crippen molar-refractivity contribution in [2.75, 3.05) is 111 Å². The van der Waals surface area contributed by atoms with Crippen LogP contribution in [-0.4, -0.2) is 165 Å². The van der Waals surface area contributed by atoms with Crippen molar-refractivity contribution >= 4 is 56.3 Å². The number of hydrogen-bond acceptors (Lipinski definition) is 11. The van der Waals surface area contributed by atoms with Crippen LogP contribution in [0.25, 0.3) is 38.5 Å². The van der Waals surface area contributed by atoms with Crippen LogP contribution in [0.4, 0.5) is 10.1 Å². The van der Waals surface area contributed by atoms with E-state index in [9.17, 15) is 19.2 Å². The lowest BCUT2D eigenvalue weighted by Gasteiger charge is -2.32. The highest BCUT2D eigenvalue weighted by atomic mass is 19.1. The van der Waals surface area contributed by atoms with Gasteiger partial charge in [0, 0.05) is 114 Å². The minimum atomic E-state index is -0.655. The van der Waals surface area contributed by atoms with E-state index in [2.05, 4.69) is 44.3 Å². The number of hydrogen-bond donors (Lipinski definition) is 2. The maximum absolute atomic E-state index is 16.7. The molecule has 0 radical (unpaired) electrons. The quantitative estimate of drug-likeness (QED) is 0.235. The van der Waals surface area contributed by atoms with E-state index in [4.69, 9.17) is 9.15 Å². The molecule has 5 aromatic rings. The van der Waals surface area contributed by atoms with Gasteiger partial charge in [0.05, 0.1) is 24.2 Å². The Morgan fingerprint density at radius 2 is 1.40 bits per heavy atom. The average Bonchev–Trinajstić information content (AvgIpc) is 3.98. The van der Waals surface area contributed by atoms with Crippen LogP contribution in [-0.2, 0) is 9.59 Å². The normalized spacial score (nSPS) is 21.5. The first kappa shape index (κ1) is 38.6. The molecule has 2 aromatic heterocycles. The van der Waals surface area contributed by atoms with Crippen LogP contribution in [0.3, 0.4) is 0 Å². The molecule has 314 valence electrons. The van der Waals surface area contributed by atoms with Crippen molar-refractivity contribution in [3.63, 3.8) is 0 Å². The highest BCUT2D eigenvalue weighted by Gasteiger charge is 2.36. The summed E-state index contributed by atoms with van der Waals surface area (Å²) in [5, 5.41) is 7.96. The van der Waals surface area contributed by atoms with Crippen LogP contribution in [0.5, 0.6) is 11.5 Å². The van der Waals surface area contributed by atoms with Gasteiger partial charge in [0.1, 0.15) is 27.9 Å². The molecule has 0 unspecified atom stereocenters. The first-order valence-electron chi connectivity index (χ1n) is 21.1. The summed E-state index contributed by atoms with van der Waals surface area (Å²) in [7, 11) is 4.15. The number of ether oxygens (including phenoxy) is 1. The Balaban J connectivity index is 0.963. The number of likely N-dealkylation sites (tertiary alicyclic amines) is 1. The van der Waals surface area contributed by atoms with Gasteiger partial charge in [-0.3, -0.25) is 29.0 Å². The second-order valence-electron chi connectivity index (χ2n) is 17.2. The molecule has 0 spiro atoms. The Bertz CT molecular complexity index is 2590. The van der Waals surface area contributed by atoms with Crippen LogP contribution < -0.4 is 25.7 Å². The number of furan rings is 1.